The van der Waals surface area contributed by atoms with E-state index in [1.807, 2.05) is 0 Å². The monoisotopic (exact) mass is 993 g/mol. The van der Waals surface area contributed by atoms with Gasteiger partial charge in [0.05, 0.1) is 33.0 Å². The predicted octanol–water partition coefficient (Wildman–Crippen LogP) is 17.4. The number of hydrogen-bond donors (Lipinski definition) is 0. The molecule has 0 aromatic heterocycles. The Balaban J connectivity index is 1.20. The molecule has 3 fully saturated rings. The van der Waals surface area contributed by atoms with Gasteiger partial charge < -0.3 is 14.0 Å². The molecule has 3 atom stereocenters. The quantitative estimate of drug-likeness (QED) is 0.0958. The molecule has 0 spiro atoms. The molecule has 0 N–H and O–H groups in total. The average molecular weight is 993 g/mol. The Morgan fingerprint density at radius 3 is 0.539 bits per heavy atom. The Morgan fingerprint density at radius 2 is 0.355 bits per heavy atom. The average Bonchev–Trinajstić information content (AvgIpc) is 3.60. The molecule has 9 aromatic carbocycles. The lowest BCUT2D eigenvalue weighted by Gasteiger charge is -2.60. The van der Waals surface area contributed by atoms with Crippen LogP contribution < -0.4 is 0 Å². The van der Waals surface area contributed by atoms with Crippen LogP contribution >= 0.6 is 0 Å². The molecule has 76 heavy (non-hydrogen) atoms. The van der Waals surface area contributed by atoms with Crippen molar-refractivity contribution in [3.63, 3.8) is 0 Å². The Hall–Kier alpha value is -7.08. The first-order valence-corrected chi connectivity index (χ1v) is 28.1. The fraction of sp³-hybridized carbons (Fsp3) is 0.250. The zero-order valence-electron chi connectivity index (χ0n) is 43.8. The van der Waals surface area contributed by atoms with E-state index in [1.54, 1.807) is 0 Å². The molecular weight excluding hydrogens is 924 g/mol. The fourth-order valence-electron chi connectivity index (χ4n) is 15.2. The van der Waals surface area contributed by atoms with Gasteiger partial charge in [0.2, 0.25) is 0 Å². The van der Waals surface area contributed by atoms with Crippen LogP contribution in [0, 0.1) is 0 Å². The maximum Gasteiger partial charge on any atom is 0.641 e. The van der Waals surface area contributed by atoms with E-state index in [0.29, 0.717) is 0 Å². The second kappa shape index (κ2) is 21.5. The van der Waals surface area contributed by atoms with Crippen molar-refractivity contribution in [1.29, 1.82) is 0 Å². The molecule has 3 nitrogen and oxygen atoms in total. The zero-order valence-corrected chi connectivity index (χ0v) is 43.8. The van der Waals surface area contributed by atoms with Crippen molar-refractivity contribution in [2.75, 3.05) is 0 Å². The van der Waals surface area contributed by atoms with E-state index in [4.69, 9.17) is 14.0 Å². The Morgan fingerprint density at radius 1 is 0.197 bits per heavy atom. The lowest BCUT2D eigenvalue weighted by atomic mass is 9.53. The molecule has 3 unspecified atom stereocenters. The first-order valence-electron chi connectivity index (χ1n) is 28.1. The maximum absolute atomic E-state index is 8.77. The summed E-state index contributed by atoms with van der Waals surface area (Å²) in [4.78, 5) is 0. The zero-order chi connectivity index (χ0) is 51.2. The molecule has 0 radical (unpaired) electrons. The van der Waals surface area contributed by atoms with Gasteiger partial charge in [0.1, 0.15) is 0 Å². The standard InChI is InChI=1S/C72H69BO3/c1-10-34-58(35-11-1)67(59-36-12-2-13-37-59)52-28-31-55-70(67,64-46-22-7-23-47-64)74-73(75-71(65-48-24-8-25-49-65)56-32-29-53-68(71,60-38-14-3-15-39-60)61-40-16-4-17-41-61)76-72(66-50-26-9-27-51-66)57-33-30-54-69(72,62-42-18-5-19-43-62)63-44-20-6-21-45-63/h1-27,34-51H,28-33,52-57H2. The van der Waals surface area contributed by atoms with E-state index < -0.39 is 40.4 Å². The van der Waals surface area contributed by atoms with E-state index in [-0.39, 0.29) is 0 Å². The SMILES string of the molecule is c1ccc(C2(OB(OC3(c4ccccc4)CCCCC3(c3ccccc3)c3ccccc3)OC3(c4ccccc4)CCCCC3(c3ccccc3)c3ccccc3)CCCCC2(c2ccccc2)c2ccccc2)cc1. The first kappa shape index (κ1) is 49.8. The number of rotatable bonds is 15. The maximum atomic E-state index is 8.77. The van der Waals surface area contributed by atoms with Gasteiger partial charge in [-0.1, -0.05) is 312 Å². The highest BCUT2D eigenvalue weighted by Crippen LogP contribution is 2.64. The van der Waals surface area contributed by atoms with E-state index in [2.05, 4.69) is 273 Å². The van der Waals surface area contributed by atoms with E-state index in [9.17, 15) is 0 Å². The highest BCUT2D eigenvalue weighted by molar-refractivity contribution is 6.37. The molecule has 4 heteroatoms. The summed E-state index contributed by atoms with van der Waals surface area (Å²) in [6.45, 7) is 0. The summed E-state index contributed by atoms with van der Waals surface area (Å²) in [5.74, 6) is 0. The second-order valence-corrected chi connectivity index (χ2v) is 21.8. The molecule has 3 saturated carbocycles. The van der Waals surface area contributed by atoms with Crippen LogP contribution in [0.2, 0.25) is 0 Å². The second-order valence-electron chi connectivity index (χ2n) is 21.8. The van der Waals surface area contributed by atoms with Crippen molar-refractivity contribution < 1.29 is 14.0 Å². The highest BCUT2D eigenvalue weighted by atomic mass is 16.8. The van der Waals surface area contributed by atoms with Gasteiger partial charge >= 0.3 is 7.32 Å². The molecule has 378 valence electrons. The van der Waals surface area contributed by atoms with Crippen molar-refractivity contribution in [3.8, 4) is 0 Å². The Labute approximate surface area is 452 Å². The normalized spacial score (nSPS) is 22.7. The van der Waals surface area contributed by atoms with Crippen LogP contribution in [0.15, 0.2) is 273 Å². The van der Waals surface area contributed by atoms with E-state index in [0.717, 1.165) is 93.7 Å². The fourth-order valence-corrected chi connectivity index (χ4v) is 15.2. The van der Waals surface area contributed by atoms with Gasteiger partial charge in [-0.3, -0.25) is 0 Å². The predicted molar refractivity (Wildman–Crippen MR) is 310 cm³/mol. The summed E-state index contributed by atoms with van der Waals surface area (Å²) in [6.07, 6.45) is 10.8. The minimum Gasteiger partial charge on any atom is -0.375 e. The largest absolute Gasteiger partial charge is 0.641 e. The third-order valence-corrected chi connectivity index (χ3v) is 18.3. The molecule has 9 aromatic rings. The van der Waals surface area contributed by atoms with Crippen molar-refractivity contribution in [2.24, 2.45) is 0 Å². The third kappa shape index (κ3) is 8.24. The molecule has 3 aliphatic carbocycles. The van der Waals surface area contributed by atoms with E-state index in [1.165, 1.54) is 33.4 Å². The van der Waals surface area contributed by atoms with Crippen molar-refractivity contribution in [2.45, 2.75) is 110 Å². The van der Waals surface area contributed by atoms with Crippen LogP contribution in [0.4, 0.5) is 0 Å². The van der Waals surface area contributed by atoms with E-state index >= 15 is 0 Å². The van der Waals surface area contributed by atoms with Gasteiger partial charge in [-0.15, -0.1) is 0 Å². The summed E-state index contributed by atoms with van der Waals surface area (Å²) in [7, 11) is -1.24. The van der Waals surface area contributed by atoms with Crippen molar-refractivity contribution in [3.05, 3.63) is 323 Å². The number of benzene rings is 9. The topological polar surface area (TPSA) is 27.7 Å². The van der Waals surface area contributed by atoms with Gasteiger partial charge in [0.25, 0.3) is 0 Å². The highest BCUT2D eigenvalue weighted by Gasteiger charge is 2.66. The molecule has 12 rings (SSSR count). The Bertz CT molecular complexity index is 2770. The molecule has 0 amide bonds. The molecule has 0 heterocycles. The molecule has 3 aliphatic rings. The van der Waals surface area contributed by atoms with Gasteiger partial charge in [0, 0.05) is 0 Å². The summed E-state index contributed by atoms with van der Waals surface area (Å²) in [5.41, 5.74) is 5.70. The van der Waals surface area contributed by atoms with Crippen LogP contribution in [-0.4, -0.2) is 7.32 Å². The summed E-state index contributed by atoms with van der Waals surface area (Å²) < 4.78 is 26.3. The summed E-state index contributed by atoms with van der Waals surface area (Å²) >= 11 is 0. The van der Waals surface area contributed by atoms with Crippen LogP contribution in [0.1, 0.15) is 127 Å². The third-order valence-electron chi connectivity index (χ3n) is 18.3. The smallest absolute Gasteiger partial charge is 0.375 e. The lowest BCUT2D eigenvalue weighted by Crippen LogP contribution is -2.63. The first-order chi connectivity index (χ1) is 37.6. The summed E-state index contributed by atoms with van der Waals surface area (Å²) in [6, 6.07) is 101. The molecule has 0 bridgehead atoms. The number of hydrogen-bond acceptors (Lipinski definition) is 3. The minimum absolute atomic E-state index is 0.662. The molecule has 0 aliphatic heterocycles. The van der Waals surface area contributed by atoms with Crippen LogP contribution in [0.25, 0.3) is 0 Å². The Kier molecular flexibility index (Phi) is 14.1. The van der Waals surface area contributed by atoms with Gasteiger partial charge in [-0.25, -0.2) is 0 Å². The van der Waals surface area contributed by atoms with Gasteiger partial charge in [-0.05, 0) is 88.6 Å². The molecular formula is C72H69BO3. The summed E-state index contributed by atoms with van der Waals surface area (Å²) in [5, 5.41) is 0. The van der Waals surface area contributed by atoms with Crippen LogP contribution in [0.3, 0.4) is 0 Å². The van der Waals surface area contributed by atoms with Crippen molar-refractivity contribution in [1.82, 2.24) is 0 Å². The van der Waals surface area contributed by atoms with Gasteiger partial charge in [0.15, 0.2) is 0 Å². The van der Waals surface area contributed by atoms with Crippen LogP contribution in [-0.2, 0) is 47.0 Å². The molecule has 0 saturated heterocycles. The van der Waals surface area contributed by atoms with Crippen molar-refractivity contribution >= 4 is 7.32 Å². The lowest BCUT2D eigenvalue weighted by molar-refractivity contribution is -0.162. The minimum atomic E-state index is -1.24. The van der Waals surface area contributed by atoms with Crippen LogP contribution in [0.5, 0.6) is 0 Å². The van der Waals surface area contributed by atoms with Gasteiger partial charge in [-0.2, -0.15) is 0 Å².